The number of nitro benzene ring substituents is 1. The van der Waals surface area contributed by atoms with Crippen molar-refractivity contribution >= 4 is 17.2 Å². The maximum absolute atomic E-state index is 12.2. The van der Waals surface area contributed by atoms with E-state index in [0.717, 1.165) is 5.56 Å². The third-order valence-corrected chi connectivity index (χ3v) is 4.52. The summed E-state index contributed by atoms with van der Waals surface area (Å²) in [5.41, 5.74) is 1.39. The van der Waals surface area contributed by atoms with Crippen LogP contribution in [0.25, 0.3) is 17.0 Å². The van der Waals surface area contributed by atoms with Crippen LogP contribution in [0.5, 0.6) is 11.6 Å². The van der Waals surface area contributed by atoms with Crippen molar-refractivity contribution in [2.45, 2.75) is 0 Å². The van der Waals surface area contributed by atoms with Crippen LogP contribution in [0.1, 0.15) is 10.4 Å². The molecule has 4 rings (SSSR count). The first kappa shape index (κ1) is 20.7. The predicted octanol–water partition coefficient (Wildman–Crippen LogP) is 2.52. The van der Waals surface area contributed by atoms with E-state index >= 15 is 0 Å². The van der Waals surface area contributed by atoms with E-state index in [9.17, 15) is 14.9 Å². The van der Waals surface area contributed by atoms with Gasteiger partial charge in [-0.1, -0.05) is 18.2 Å². The quantitative estimate of drug-likeness (QED) is 0.254. The summed E-state index contributed by atoms with van der Waals surface area (Å²) in [7, 11) is 1.59. The molecule has 32 heavy (non-hydrogen) atoms. The van der Waals surface area contributed by atoms with Gasteiger partial charge in [-0.2, -0.15) is 4.52 Å². The number of nitro groups is 1. The monoisotopic (exact) mass is 434 g/mol. The zero-order valence-corrected chi connectivity index (χ0v) is 17.0. The molecule has 0 atom stereocenters. The first-order valence-corrected chi connectivity index (χ1v) is 9.57. The second-order valence-electron chi connectivity index (χ2n) is 6.61. The summed E-state index contributed by atoms with van der Waals surface area (Å²) < 4.78 is 12.4. The molecule has 4 aromatic rings. The summed E-state index contributed by atoms with van der Waals surface area (Å²) in [6.45, 7) is 0.335. The number of hydrogen-bond donors (Lipinski definition) is 1. The summed E-state index contributed by atoms with van der Waals surface area (Å²) in [6, 6.07) is 16.3. The third kappa shape index (κ3) is 4.46. The summed E-state index contributed by atoms with van der Waals surface area (Å²) >= 11 is 0. The first-order chi connectivity index (χ1) is 15.5. The van der Waals surface area contributed by atoms with E-state index in [-0.39, 0.29) is 24.4 Å². The van der Waals surface area contributed by atoms with Crippen molar-refractivity contribution in [3.05, 3.63) is 76.3 Å². The Labute approximate surface area is 181 Å². The summed E-state index contributed by atoms with van der Waals surface area (Å²) in [4.78, 5) is 22.5. The molecule has 0 aliphatic heterocycles. The van der Waals surface area contributed by atoms with Crippen LogP contribution < -0.4 is 14.8 Å². The lowest BCUT2D eigenvalue weighted by atomic mass is 10.2. The number of non-ortho nitro benzene ring substituents is 1. The molecule has 11 nitrogen and oxygen atoms in total. The zero-order valence-electron chi connectivity index (χ0n) is 17.0. The third-order valence-electron chi connectivity index (χ3n) is 4.52. The Morgan fingerprint density at radius 3 is 2.78 bits per heavy atom. The van der Waals surface area contributed by atoms with Crippen molar-refractivity contribution in [1.82, 2.24) is 25.1 Å². The number of carbonyl (C=O) groups excluding carboxylic acids is 1. The van der Waals surface area contributed by atoms with E-state index in [4.69, 9.17) is 9.47 Å². The highest BCUT2D eigenvalue weighted by Gasteiger charge is 2.13. The van der Waals surface area contributed by atoms with Gasteiger partial charge < -0.3 is 14.8 Å². The van der Waals surface area contributed by atoms with Crippen LogP contribution in [0, 0.1) is 10.1 Å². The second-order valence-corrected chi connectivity index (χ2v) is 6.61. The van der Waals surface area contributed by atoms with Crippen LogP contribution in [0.3, 0.4) is 0 Å². The molecule has 0 aliphatic carbocycles. The van der Waals surface area contributed by atoms with E-state index < -0.39 is 10.8 Å². The van der Waals surface area contributed by atoms with Crippen LogP contribution in [0.15, 0.2) is 60.7 Å². The standard InChI is InChI=1S/C21H18N6O5/c1-31-17-7-3-4-14(13-17)20-24-23-18-8-9-19(25-26(18)20)32-11-10-22-21(28)15-5-2-6-16(12-15)27(29)30/h2-9,12-13H,10-11H2,1H3,(H,22,28). The molecule has 2 aromatic heterocycles. The van der Waals surface area contributed by atoms with Crippen LogP contribution in [-0.4, -0.2) is 50.9 Å². The molecule has 1 amide bonds. The fourth-order valence-corrected chi connectivity index (χ4v) is 2.97. The Hall–Kier alpha value is -4.54. The van der Waals surface area contributed by atoms with Crippen molar-refractivity contribution in [1.29, 1.82) is 0 Å². The lowest BCUT2D eigenvalue weighted by Crippen LogP contribution is -2.28. The zero-order chi connectivity index (χ0) is 22.5. The van der Waals surface area contributed by atoms with Crippen LogP contribution >= 0.6 is 0 Å². The van der Waals surface area contributed by atoms with Crippen molar-refractivity contribution < 1.29 is 19.2 Å². The van der Waals surface area contributed by atoms with Crippen molar-refractivity contribution in [3.63, 3.8) is 0 Å². The average Bonchev–Trinajstić information content (AvgIpc) is 3.25. The number of rotatable bonds is 8. The Kier molecular flexibility index (Phi) is 5.88. The number of aromatic nitrogens is 4. The Morgan fingerprint density at radius 2 is 1.97 bits per heavy atom. The van der Waals surface area contributed by atoms with Gasteiger partial charge in [0, 0.05) is 29.3 Å². The van der Waals surface area contributed by atoms with Gasteiger partial charge in [0.2, 0.25) is 5.88 Å². The molecule has 0 unspecified atom stereocenters. The number of amides is 1. The molecular formula is C21H18N6O5. The summed E-state index contributed by atoms with van der Waals surface area (Å²) in [5, 5.41) is 26.2. The van der Waals surface area contributed by atoms with Gasteiger partial charge in [0.1, 0.15) is 12.4 Å². The largest absolute Gasteiger partial charge is 0.497 e. The molecule has 162 valence electrons. The Morgan fingerprint density at radius 1 is 1.12 bits per heavy atom. The normalized spacial score (nSPS) is 10.7. The maximum atomic E-state index is 12.2. The fourth-order valence-electron chi connectivity index (χ4n) is 2.97. The van der Waals surface area contributed by atoms with E-state index in [0.29, 0.717) is 23.1 Å². The molecule has 0 fully saturated rings. The van der Waals surface area contributed by atoms with Crippen molar-refractivity contribution in [2.75, 3.05) is 20.3 Å². The minimum absolute atomic E-state index is 0.146. The SMILES string of the molecule is COc1cccc(-c2nnc3ccc(OCCNC(=O)c4cccc([N+](=O)[O-])c4)nn23)c1. The molecule has 0 radical (unpaired) electrons. The van der Waals surface area contributed by atoms with Crippen LogP contribution in [0.2, 0.25) is 0 Å². The van der Waals surface area contributed by atoms with Gasteiger partial charge in [-0.15, -0.1) is 15.3 Å². The highest BCUT2D eigenvalue weighted by molar-refractivity contribution is 5.94. The van der Waals surface area contributed by atoms with Crippen molar-refractivity contribution in [3.8, 4) is 23.0 Å². The molecule has 0 saturated heterocycles. The molecule has 0 saturated carbocycles. The molecule has 0 bridgehead atoms. The van der Waals surface area contributed by atoms with Gasteiger partial charge in [0.25, 0.3) is 11.6 Å². The lowest BCUT2D eigenvalue weighted by Gasteiger charge is -2.08. The van der Waals surface area contributed by atoms with Crippen LogP contribution in [-0.2, 0) is 0 Å². The maximum Gasteiger partial charge on any atom is 0.270 e. The second kappa shape index (κ2) is 9.08. The topological polar surface area (TPSA) is 134 Å². The van der Waals surface area contributed by atoms with E-state index in [1.807, 2.05) is 24.3 Å². The molecule has 1 N–H and O–H groups in total. The lowest BCUT2D eigenvalue weighted by molar-refractivity contribution is -0.384. The van der Waals surface area contributed by atoms with Gasteiger partial charge in [0.15, 0.2) is 11.5 Å². The van der Waals surface area contributed by atoms with Gasteiger partial charge in [-0.3, -0.25) is 14.9 Å². The van der Waals surface area contributed by atoms with Crippen molar-refractivity contribution in [2.24, 2.45) is 0 Å². The minimum Gasteiger partial charge on any atom is -0.497 e. The van der Waals surface area contributed by atoms with Gasteiger partial charge in [0.05, 0.1) is 18.6 Å². The van der Waals surface area contributed by atoms with E-state index in [1.165, 1.54) is 24.3 Å². The molecule has 2 aromatic carbocycles. The number of ether oxygens (including phenoxy) is 2. The number of nitrogens with one attached hydrogen (secondary N) is 1. The number of fused-ring (bicyclic) bond motifs is 1. The smallest absolute Gasteiger partial charge is 0.270 e. The molecule has 11 heteroatoms. The molecular weight excluding hydrogens is 416 g/mol. The van der Waals surface area contributed by atoms with E-state index in [1.54, 1.807) is 23.8 Å². The van der Waals surface area contributed by atoms with E-state index in [2.05, 4.69) is 20.6 Å². The van der Waals surface area contributed by atoms with Crippen LogP contribution in [0.4, 0.5) is 5.69 Å². The minimum atomic E-state index is -0.549. The average molecular weight is 434 g/mol. The number of nitrogens with zero attached hydrogens (tertiary/aromatic N) is 5. The highest BCUT2D eigenvalue weighted by Crippen LogP contribution is 2.23. The van der Waals surface area contributed by atoms with Gasteiger partial charge in [-0.25, -0.2) is 0 Å². The summed E-state index contributed by atoms with van der Waals surface area (Å²) in [5.74, 6) is 1.11. The number of benzene rings is 2. The van der Waals surface area contributed by atoms with Gasteiger partial charge in [-0.05, 0) is 24.3 Å². The summed E-state index contributed by atoms with van der Waals surface area (Å²) in [6.07, 6.45) is 0. The number of carbonyl (C=O) groups is 1. The number of methoxy groups -OCH3 is 1. The number of hydrogen-bond acceptors (Lipinski definition) is 8. The first-order valence-electron chi connectivity index (χ1n) is 9.57. The molecule has 2 heterocycles. The Bertz CT molecular complexity index is 1290. The molecule has 0 spiro atoms. The molecule has 0 aliphatic rings. The van der Waals surface area contributed by atoms with Gasteiger partial charge >= 0.3 is 0 Å². The highest BCUT2D eigenvalue weighted by atomic mass is 16.6. The predicted molar refractivity (Wildman–Crippen MR) is 114 cm³/mol. The Balaban J connectivity index is 1.40. The fraction of sp³-hybridized carbons (Fsp3) is 0.143.